The summed E-state index contributed by atoms with van der Waals surface area (Å²) in [5.41, 5.74) is 1.28. The molecule has 1 unspecified atom stereocenters. The lowest BCUT2D eigenvalue weighted by atomic mass is 9.83. The molecule has 2 heterocycles. The maximum atomic E-state index is 13.9. The van der Waals surface area contributed by atoms with E-state index < -0.39 is 17.7 Å². The predicted octanol–water partition coefficient (Wildman–Crippen LogP) is 3.19. The van der Waals surface area contributed by atoms with E-state index in [1.807, 2.05) is 6.20 Å². The van der Waals surface area contributed by atoms with Crippen molar-refractivity contribution in [3.8, 4) is 0 Å². The largest absolute Gasteiger partial charge is 0.336 e. The zero-order valence-corrected chi connectivity index (χ0v) is 13.9. The molecular weight excluding hydrogens is 326 g/mol. The van der Waals surface area contributed by atoms with Crippen molar-refractivity contribution in [1.82, 2.24) is 19.9 Å². The van der Waals surface area contributed by atoms with Gasteiger partial charge in [0.2, 0.25) is 5.91 Å². The summed E-state index contributed by atoms with van der Waals surface area (Å²) in [4.78, 5) is 14.4. The number of piperidine rings is 1. The van der Waals surface area contributed by atoms with Gasteiger partial charge in [-0.2, -0.15) is 0 Å². The van der Waals surface area contributed by atoms with Gasteiger partial charge in [-0.25, -0.2) is 13.5 Å². The fraction of sp³-hybridized carbons (Fsp3) is 0.500. The second-order valence-corrected chi connectivity index (χ2v) is 6.90. The van der Waals surface area contributed by atoms with Crippen LogP contribution in [0.5, 0.6) is 0 Å². The molecule has 0 radical (unpaired) electrons. The number of halogens is 2. The minimum Gasteiger partial charge on any atom is -0.336 e. The number of benzene rings is 1. The van der Waals surface area contributed by atoms with Crippen LogP contribution in [0.1, 0.15) is 55.3 Å². The first kappa shape index (κ1) is 16.2. The molecule has 1 aromatic heterocycles. The maximum absolute atomic E-state index is 13.9. The molecule has 1 aliphatic carbocycles. The van der Waals surface area contributed by atoms with Gasteiger partial charge in [0, 0.05) is 36.8 Å². The number of likely N-dealkylation sites (tertiary alicyclic amines) is 1. The van der Waals surface area contributed by atoms with Crippen LogP contribution in [-0.2, 0) is 11.3 Å². The summed E-state index contributed by atoms with van der Waals surface area (Å²) in [5, 5.41) is 8.38. The van der Waals surface area contributed by atoms with Gasteiger partial charge < -0.3 is 4.90 Å². The average molecular weight is 346 g/mol. The first-order valence-electron chi connectivity index (χ1n) is 8.76. The maximum Gasteiger partial charge on any atom is 0.247 e. The zero-order valence-electron chi connectivity index (χ0n) is 13.9. The number of carbonyl (C=O) groups is 1. The summed E-state index contributed by atoms with van der Waals surface area (Å²) in [6.07, 6.45) is 6.89. The number of nitrogens with zero attached hydrogens (tertiary/aromatic N) is 4. The quantitative estimate of drug-likeness (QED) is 0.854. The fourth-order valence-electron chi connectivity index (χ4n) is 3.51. The smallest absolute Gasteiger partial charge is 0.247 e. The van der Waals surface area contributed by atoms with Crippen LogP contribution in [0.25, 0.3) is 0 Å². The van der Waals surface area contributed by atoms with Crippen molar-refractivity contribution in [2.45, 2.75) is 50.6 Å². The molecule has 1 aliphatic heterocycles. The molecule has 1 atom stereocenters. The highest BCUT2D eigenvalue weighted by Gasteiger charge is 2.32. The lowest BCUT2D eigenvalue weighted by molar-refractivity contribution is -0.138. The number of hydrogen-bond donors (Lipinski definition) is 0. The molecule has 1 saturated heterocycles. The Morgan fingerprint density at radius 1 is 1.16 bits per heavy atom. The van der Waals surface area contributed by atoms with Crippen molar-refractivity contribution in [3.05, 3.63) is 47.3 Å². The molecule has 132 valence electrons. The summed E-state index contributed by atoms with van der Waals surface area (Å²) in [5.74, 6) is -0.852. The standard InChI is InChI=1S/C18H20F2N4O/c19-14-7-6-13(15(20)9-14)10-23-8-2-5-17(18(23)25)24-11-16(21-22-24)12-3-1-4-12/h6-7,9,11-12,17H,1-5,8,10H2. The summed E-state index contributed by atoms with van der Waals surface area (Å²) >= 11 is 0. The Kier molecular flexibility index (Phi) is 4.23. The number of aromatic nitrogens is 3. The predicted molar refractivity (Wildman–Crippen MR) is 86.7 cm³/mol. The van der Waals surface area contributed by atoms with Gasteiger partial charge in [-0.3, -0.25) is 4.79 Å². The highest BCUT2D eigenvalue weighted by atomic mass is 19.1. The summed E-state index contributed by atoms with van der Waals surface area (Å²) in [7, 11) is 0. The zero-order chi connectivity index (χ0) is 17.4. The van der Waals surface area contributed by atoms with Crippen LogP contribution in [-0.4, -0.2) is 32.3 Å². The Labute approximate surface area is 144 Å². The summed E-state index contributed by atoms with van der Waals surface area (Å²) < 4.78 is 28.6. The molecule has 0 N–H and O–H groups in total. The fourth-order valence-corrected chi connectivity index (χ4v) is 3.51. The Hall–Kier alpha value is -2.31. The van der Waals surface area contributed by atoms with Gasteiger partial charge in [0.05, 0.1) is 5.69 Å². The minimum atomic E-state index is -0.622. The summed E-state index contributed by atoms with van der Waals surface area (Å²) in [6.45, 7) is 0.710. The highest BCUT2D eigenvalue weighted by molar-refractivity contribution is 5.81. The van der Waals surface area contributed by atoms with E-state index in [4.69, 9.17) is 0 Å². The molecular formula is C18H20F2N4O. The van der Waals surface area contributed by atoms with Crippen molar-refractivity contribution >= 4 is 5.91 Å². The third kappa shape index (κ3) is 3.15. The van der Waals surface area contributed by atoms with Crippen LogP contribution in [0, 0.1) is 11.6 Å². The Morgan fingerprint density at radius 2 is 2.00 bits per heavy atom. The summed E-state index contributed by atoms with van der Waals surface area (Å²) in [6, 6.07) is 3.07. The van der Waals surface area contributed by atoms with Crippen molar-refractivity contribution in [2.75, 3.05) is 6.54 Å². The first-order chi connectivity index (χ1) is 12.1. The van der Waals surface area contributed by atoms with Gasteiger partial charge in [-0.05, 0) is 31.7 Å². The molecule has 5 nitrogen and oxygen atoms in total. The molecule has 2 aliphatic rings. The molecule has 2 aromatic rings. The Balaban J connectivity index is 1.49. The van der Waals surface area contributed by atoms with E-state index in [0.717, 1.165) is 31.0 Å². The van der Waals surface area contributed by atoms with Crippen LogP contribution in [0.4, 0.5) is 8.78 Å². The minimum absolute atomic E-state index is 0.0833. The normalized spacial score (nSPS) is 21.4. The van der Waals surface area contributed by atoms with E-state index >= 15 is 0 Å². The van der Waals surface area contributed by atoms with Crippen molar-refractivity contribution in [2.24, 2.45) is 0 Å². The number of rotatable bonds is 4. The van der Waals surface area contributed by atoms with Crippen molar-refractivity contribution in [1.29, 1.82) is 0 Å². The van der Waals surface area contributed by atoms with Crippen LogP contribution in [0.15, 0.2) is 24.4 Å². The molecule has 25 heavy (non-hydrogen) atoms. The van der Waals surface area contributed by atoms with Gasteiger partial charge in [-0.15, -0.1) is 5.10 Å². The SMILES string of the molecule is O=C1C(n2cc(C3CCC3)nn2)CCCN1Cc1ccc(F)cc1F. The van der Waals surface area contributed by atoms with Crippen LogP contribution in [0.3, 0.4) is 0 Å². The van der Waals surface area contributed by atoms with E-state index in [1.54, 1.807) is 9.58 Å². The molecule has 1 saturated carbocycles. The topological polar surface area (TPSA) is 51.0 Å². The first-order valence-corrected chi connectivity index (χ1v) is 8.76. The number of hydrogen-bond acceptors (Lipinski definition) is 3. The van der Waals surface area contributed by atoms with E-state index in [9.17, 15) is 13.6 Å². The molecule has 4 rings (SSSR count). The number of carbonyl (C=O) groups excluding carboxylic acids is 1. The van der Waals surface area contributed by atoms with Crippen molar-refractivity contribution in [3.63, 3.8) is 0 Å². The molecule has 0 spiro atoms. The molecule has 7 heteroatoms. The van der Waals surface area contributed by atoms with Crippen molar-refractivity contribution < 1.29 is 13.6 Å². The van der Waals surface area contributed by atoms with Crippen LogP contribution >= 0.6 is 0 Å². The molecule has 1 aromatic carbocycles. The van der Waals surface area contributed by atoms with Gasteiger partial charge in [-0.1, -0.05) is 17.7 Å². The lowest BCUT2D eigenvalue weighted by Gasteiger charge is -2.32. The van der Waals surface area contributed by atoms with E-state index in [2.05, 4.69) is 10.3 Å². The monoisotopic (exact) mass is 346 g/mol. The van der Waals surface area contributed by atoms with Gasteiger partial charge >= 0.3 is 0 Å². The second-order valence-electron chi connectivity index (χ2n) is 6.90. The third-order valence-corrected chi connectivity index (χ3v) is 5.25. The Bertz CT molecular complexity index is 787. The average Bonchev–Trinajstić information content (AvgIpc) is 2.99. The Morgan fingerprint density at radius 3 is 2.72 bits per heavy atom. The second kappa shape index (κ2) is 6.54. The van der Waals surface area contributed by atoms with E-state index in [0.29, 0.717) is 24.4 Å². The molecule has 0 bridgehead atoms. The van der Waals surface area contributed by atoms with E-state index in [-0.39, 0.29) is 12.5 Å². The molecule has 1 amide bonds. The van der Waals surface area contributed by atoms with Gasteiger partial charge in [0.25, 0.3) is 0 Å². The highest BCUT2D eigenvalue weighted by Crippen LogP contribution is 2.35. The number of amides is 1. The third-order valence-electron chi connectivity index (χ3n) is 5.25. The van der Waals surface area contributed by atoms with Crippen LogP contribution in [0.2, 0.25) is 0 Å². The van der Waals surface area contributed by atoms with Gasteiger partial charge in [0.1, 0.15) is 17.7 Å². The molecule has 2 fully saturated rings. The van der Waals surface area contributed by atoms with Crippen LogP contribution < -0.4 is 0 Å². The lowest BCUT2D eigenvalue weighted by Crippen LogP contribution is -2.42. The van der Waals surface area contributed by atoms with E-state index in [1.165, 1.54) is 18.6 Å². The van der Waals surface area contributed by atoms with Gasteiger partial charge in [0.15, 0.2) is 0 Å².